The van der Waals surface area contributed by atoms with Crippen LogP contribution in [0.3, 0.4) is 0 Å². The van der Waals surface area contributed by atoms with Crippen LogP contribution in [0.4, 0.5) is 0 Å². The van der Waals surface area contributed by atoms with Crippen molar-refractivity contribution in [3.63, 3.8) is 0 Å². The number of ether oxygens (including phenoxy) is 1. The van der Waals surface area contributed by atoms with Crippen molar-refractivity contribution in [2.24, 2.45) is 0 Å². The first-order valence-electron chi connectivity index (χ1n) is 7.77. The lowest BCUT2D eigenvalue weighted by molar-refractivity contribution is -0.138. The molecule has 0 aliphatic carbocycles. The molecular weight excluding hydrogens is 366 g/mol. The molecule has 2 rings (SSSR count). The number of carbonyl (C=O) groups excluding carboxylic acids is 1. The van der Waals surface area contributed by atoms with E-state index in [4.69, 9.17) is 9.84 Å². The van der Waals surface area contributed by atoms with Crippen molar-refractivity contribution in [1.29, 1.82) is 0 Å². The summed E-state index contributed by atoms with van der Waals surface area (Å²) < 4.78 is 29.0. The van der Waals surface area contributed by atoms with Gasteiger partial charge in [0.15, 0.2) is 9.84 Å². The Bertz CT molecular complexity index is 717. The fourth-order valence-electron chi connectivity index (χ4n) is 2.57. The van der Waals surface area contributed by atoms with E-state index in [1.54, 1.807) is 16.7 Å². The smallest absolute Gasteiger partial charge is 0.305 e. The second-order valence-corrected chi connectivity index (χ2v) is 8.92. The van der Waals surface area contributed by atoms with Crippen molar-refractivity contribution in [2.75, 3.05) is 37.5 Å². The number of nitrogens with zero attached hydrogens (tertiary/aromatic N) is 1. The van der Waals surface area contributed by atoms with Gasteiger partial charge in [0.2, 0.25) is 0 Å². The van der Waals surface area contributed by atoms with Gasteiger partial charge in [-0.2, -0.15) is 11.8 Å². The maximum absolute atomic E-state index is 12.7. The zero-order valence-electron chi connectivity index (χ0n) is 13.9. The number of carboxylic acid groups (broad SMARTS) is 1. The Balaban J connectivity index is 2.15. The molecule has 1 N–H and O–H groups in total. The monoisotopic (exact) mass is 387 g/mol. The average Bonchev–Trinajstić information content (AvgIpc) is 2.59. The molecule has 1 aromatic carbocycles. The molecule has 1 amide bonds. The number of benzene rings is 1. The van der Waals surface area contributed by atoms with Crippen LogP contribution in [0, 0.1) is 0 Å². The molecule has 1 aliphatic rings. The first kappa shape index (κ1) is 19.7. The normalized spacial score (nSPS) is 18.1. The molecule has 1 aliphatic heterocycles. The highest BCUT2D eigenvalue weighted by Crippen LogP contribution is 2.22. The summed E-state index contributed by atoms with van der Waals surface area (Å²) in [7, 11) is -2.02. The second kappa shape index (κ2) is 8.68. The van der Waals surface area contributed by atoms with Crippen LogP contribution in [0.25, 0.3) is 0 Å². The molecule has 25 heavy (non-hydrogen) atoms. The van der Waals surface area contributed by atoms with Crippen molar-refractivity contribution in [1.82, 2.24) is 4.90 Å². The van der Waals surface area contributed by atoms with E-state index in [2.05, 4.69) is 0 Å². The third-order valence-corrected chi connectivity index (χ3v) is 6.70. The van der Waals surface area contributed by atoms with E-state index in [9.17, 15) is 18.0 Å². The van der Waals surface area contributed by atoms with Crippen LogP contribution in [-0.4, -0.2) is 73.9 Å². The molecule has 138 valence electrons. The lowest BCUT2D eigenvalue weighted by Crippen LogP contribution is -2.47. The number of sulfone groups is 1. The van der Waals surface area contributed by atoms with E-state index in [0.29, 0.717) is 17.9 Å². The van der Waals surface area contributed by atoms with Gasteiger partial charge in [0.25, 0.3) is 5.91 Å². The number of rotatable bonds is 7. The number of aliphatic carboxylic acids is 1. The zero-order valence-corrected chi connectivity index (χ0v) is 15.5. The van der Waals surface area contributed by atoms with Crippen LogP contribution in [0.1, 0.15) is 16.8 Å². The number of carboxylic acids is 1. The third-order valence-electron chi connectivity index (χ3n) is 3.92. The SMILES string of the molecule is COCCS(=O)(=O)c1ccc(C(=O)N2CCSCC2CC(=O)O)cc1. The Morgan fingerprint density at radius 3 is 2.60 bits per heavy atom. The van der Waals surface area contributed by atoms with Gasteiger partial charge in [-0.25, -0.2) is 8.42 Å². The molecule has 1 saturated heterocycles. The van der Waals surface area contributed by atoms with Crippen LogP contribution < -0.4 is 0 Å². The number of hydrogen-bond acceptors (Lipinski definition) is 6. The van der Waals surface area contributed by atoms with Gasteiger partial charge in [-0.3, -0.25) is 9.59 Å². The molecule has 7 nitrogen and oxygen atoms in total. The van der Waals surface area contributed by atoms with Gasteiger partial charge in [-0.05, 0) is 24.3 Å². The molecule has 1 heterocycles. The fraction of sp³-hybridized carbons (Fsp3) is 0.500. The van der Waals surface area contributed by atoms with Gasteiger partial charge in [0, 0.05) is 30.7 Å². The fourth-order valence-corrected chi connectivity index (χ4v) is 4.81. The minimum Gasteiger partial charge on any atom is -0.481 e. The summed E-state index contributed by atoms with van der Waals surface area (Å²) in [5.74, 6) is 0.00510. The Labute approximate surface area is 151 Å². The molecule has 1 atom stereocenters. The predicted molar refractivity (Wildman–Crippen MR) is 94.8 cm³/mol. The van der Waals surface area contributed by atoms with E-state index in [-0.39, 0.29) is 35.6 Å². The third kappa shape index (κ3) is 5.20. The largest absolute Gasteiger partial charge is 0.481 e. The number of hydrogen-bond donors (Lipinski definition) is 1. The van der Waals surface area contributed by atoms with Crippen LogP contribution in [-0.2, 0) is 19.4 Å². The van der Waals surface area contributed by atoms with Crippen LogP contribution in [0.2, 0.25) is 0 Å². The number of carbonyl (C=O) groups is 2. The quantitative estimate of drug-likeness (QED) is 0.749. The van der Waals surface area contributed by atoms with E-state index >= 15 is 0 Å². The van der Waals surface area contributed by atoms with Crippen molar-refractivity contribution in [2.45, 2.75) is 17.4 Å². The van der Waals surface area contributed by atoms with Crippen molar-refractivity contribution >= 4 is 33.5 Å². The van der Waals surface area contributed by atoms with Gasteiger partial charge in [-0.1, -0.05) is 0 Å². The lowest BCUT2D eigenvalue weighted by Gasteiger charge is -2.34. The summed E-state index contributed by atoms with van der Waals surface area (Å²) in [6.07, 6.45) is -0.0950. The highest BCUT2D eigenvalue weighted by atomic mass is 32.2. The van der Waals surface area contributed by atoms with E-state index in [0.717, 1.165) is 5.75 Å². The second-order valence-electron chi connectivity index (χ2n) is 5.66. The first-order valence-corrected chi connectivity index (χ1v) is 10.6. The summed E-state index contributed by atoms with van der Waals surface area (Å²) in [6, 6.07) is 5.41. The molecule has 1 fully saturated rings. The van der Waals surface area contributed by atoms with E-state index < -0.39 is 15.8 Å². The van der Waals surface area contributed by atoms with Gasteiger partial charge in [0.05, 0.1) is 29.7 Å². The summed E-state index contributed by atoms with van der Waals surface area (Å²) in [6.45, 7) is 0.584. The number of amides is 1. The summed E-state index contributed by atoms with van der Waals surface area (Å²) in [4.78, 5) is 25.4. The Hall–Kier alpha value is -1.58. The highest BCUT2D eigenvalue weighted by Gasteiger charge is 2.29. The standard InChI is InChI=1S/C16H21NO6S2/c1-23-7-9-25(21,22)14-4-2-12(3-5-14)16(20)17-6-8-24-11-13(17)10-15(18)19/h2-5,13H,6-11H2,1H3,(H,18,19). The summed E-state index contributed by atoms with van der Waals surface area (Å²) in [5.41, 5.74) is 0.355. The molecule has 0 spiro atoms. The van der Waals surface area contributed by atoms with E-state index in [1.165, 1.54) is 31.4 Å². The maximum atomic E-state index is 12.7. The van der Waals surface area contributed by atoms with Crippen LogP contribution >= 0.6 is 11.8 Å². The number of methoxy groups -OCH3 is 1. The van der Waals surface area contributed by atoms with Crippen molar-refractivity contribution in [3.8, 4) is 0 Å². The predicted octanol–water partition coefficient (Wildman–Crippen LogP) is 1.14. The Morgan fingerprint density at radius 2 is 2.00 bits per heavy atom. The van der Waals surface area contributed by atoms with Crippen LogP contribution in [0.5, 0.6) is 0 Å². The Kier molecular flexibility index (Phi) is 6.86. The lowest BCUT2D eigenvalue weighted by atomic mass is 10.1. The Morgan fingerprint density at radius 1 is 1.32 bits per heavy atom. The minimum absolute atomic E-state index is 0.0950. The molecular formula is C16H21NO6S2. The first-order chi connectivity index (χ1) is 11.8. The molecule has 0 radical (unpaired) electrons. The van der Waals surface area contributed by atoms with Gasteiger partial charge in [-0.15, -0.1) is 0 Å². The van der Waals surface area contributed by atoms with Gasteiger partial charge in [0.1, 0.15) is 0 Å². The highest BCUT2D eigenvalue weighted by molar-refractivity contribution is 7.99. The van der Waals surface area contributed by atoms with Crippen molar-refractivity contribution in [3.05, 3.63) is 29.8 Å². The van der Waals surface area contributed by atoms with Gasteiger partial charge < -0.3 is 14.7 Å². The van der Waals surface area contributed by atoms with Gasteiger partial charge >= 0.3 is 5.97 Å². The van der Waals surface area contributed by atoms with E-state index in [1.807, 2.05) is 0 Å². The number of thioether (sulfide) groups is 1. The molecule has 0 aromatic heterocycles. The van der Waals surface area contributed by atoms with Crippen LogP contribution in [0.15, 0.2) is 29.2 Å². The van der Waals surface area contributed by atoms with Crippen molar-refractivity contribution < 1.29 is 27.9 Å². The summed E-state index contributed by atoms with van der Waals surface area (Å²) >= 11 is 1.63. The molecule has 1 unspecified atom stereocenters. The summed E-state index contributed by atoms with van der Waals surface area (Å²) in [5, 5.41) is 9.01. The average molecular weight is 387 g/mol. The molecule has 9 heteroatoms. The molecule has 0 saturated carbocycles. The molecule has 1 aromatic rings. The molecule has 0 bridgehead atoms. The topological polar surface area (TPSA) is 101 Å². The maximum Gasteiger partial charge on any atom is 0.305 e. The minimum atomic E-state index is -3.45. The zero-order chi connectivity index (χ0) is 18.4.